The summed E-state index contributed by atoms with van der Waals surface area (Å²) < 4.78 is 7.86. The SMILES string of the molecule is CN(C)CC=CC(=O)N1CCC(n2c(C#N)c(-c3ccc(Oc4ccccc4)cc3)c3c(N)ncnc32)C1. The number of nitrogens with zero attached hydrogens (tertiary/aromatic N) is 6. The van der Waals surface area contributed by atoms with E-state index in [-0.39, 0.29) is 11.9 Å². The number of nitriles is 1. The second-order valence-corrected chi connectivity index (χ2v) is 9.49. The molecule has 38 heavy (non-hydrogen) atoms. The number of ether oxygens (including phenoxy) is 1. The molecule has 2 aromatic carbocycles. The first kappa shape index (κ1) is 25.0. The quantitative estimate of drug-likeness (QED) is 0.372. The molecule has 1 aliphatic rings. The molecule has 2 N–H and O–H groups in total. The summed E-state index contributed by atoms with van der Waals surface area (Å²) in [5.74, 6) is 1.69. The van der Waals surface area contributed by atoms with Gasteiger partial charge in [0.25, 0.3) is 0 Å². The van der Waals surface area contributed by atoms with E-state index in [1.165, 1.54) is 6.33 Å². The van der Waals surface area contributed by atoms with Crippen LogP contribution in [0.4, 0.5) is 5.82 Å². The molecular weight excluding hydrogens is 478 g/mol. The Labute approximate surface area is 221 Å². The molecule has 9 heteroatoms. The van der Waals surface area contributed by atoms with Crippen molar-refractivity contribution >= 4 is 22.8 Å². The summed E-state index contributed by atoms with van der Waals surface area (Å²) in [6.07, 6.45) is 5.60. The van der Waals surface area contributed by atoms with Crippen molar-refractivity contribution in [3.63, 3.8) is 0 Å². The van der Waals surface area contributed by atoms with E-state index in [1.807, 2.05) is 89.1 Å². The number of carbonyl (C=O) groups excluding carboxylic acids is 1. The van der Waals surface area contributed by atoms with Gasteiger partial charge in [0.1, 0.15) is 41.1 Å². The van der Waals surface area contributed by atoms with Crippen LogP contribution in [-0.4, -0.2) is 64.0 Å². The first-order valence-electron chi connectivity index (χ1n) is 12.4. The molecule has 4 aromatic rings. The molecule has 1 fully saturated rings. The first-order chi connectivity index (χ1) is 18.5. The minimum absolute atomic E-state index is 0.0345. The highest BCUT2D eigenvalue weighted by Crippen LogP contribution is 2.40. The van der Waals surface area contributed by atoms with Crippen LogP contribution in [0.3, 0.4) is 0 Å². The van der Waals surface area contributed by atoms with E-state index >= 15 is 0 Å². The number of benzene rings is 2. The Hall–Kier alpha value is -4.68. The van der Waals surface area contributed by atoms with E-state index in [1.54, 1.807) is 6.08 Å². The Morgan fingerprint density at radius 2 is 1.89 bits per heavy atom. The van der Waals surface area contributed by atoms with Crippen molar-refractivity contribution in [2.45, 2.75) is 12.5 Å². The molecule has 1 unspecified atom stereocenters. The molecule has 0 spiro atoms. The van der Waals surface area contributed by atoms with Gasteiger partial charge in [-0.1, -0.05) is 36.4 Å². The lowest BCUT2D eigenvalue weighted by molar-refractivity contribution is -0.125. The van der Waals surface area contributed by atoms with Gasteiger partial charge in [0.05, 0.1) is 11.4 Å². The minimum atomic E-state index is -0.109. The highest BCUT2D eigenvalue weighted by molar-refractivity contribution is 6.03. The number of para-hydroxylation sites is 1. The van der Waals surface area contributed by atoms with Crippen LogP contribution in [0.5, 0.6) is 11.5 Å². The molecule has 2 aromatic heterocycles. The van der Waals surface area contributed by atoms with Crippen LogP contribution in [-0.2, 0) is 4.79 Å². The Bertz CT molecular complexity index is 1520. The number of hydrogen-bond donors (Lipinski definition) is 1. The van der Waals surface area contributed by atoms with Gasteiger partial charge in [0.2, 0.25) is 5.91 Å². The van der Waals surface area contributed by atoms with E-state index in [9.17, 15) is 10.1 Å². The number of likely N-dealkylation sites (tertiary alicyclic amines) is 1. The van der Waals surface area contributed by atoms with Gasteiger partial charge in [-0.3, -0.25) is 4.79 Å². The summed E-state index contributed by atoms with van der Waals surface area (Å²) in [4.78, 5) is 25.3. The fraction of sp³-hybridized carbons (Fsp3) is 0.241. The molecule has 0 saturated carbocycles. The number of nitrogen functional groups attached to an aromatic ring is 1. The average molecular weight is 508 g/mol. The summed E-state index contributed by atoms with van der Waals surface area (Å²) in [7, 11) is 3.91. The third-order valence-electron chi connectivity index (χ3n) is 6.61. The standard InChI is InChI=1S/C29H29N7O2/c1-34(2)15-6-9-25(37)35-16-14-21(18-35)36-24(17-30)26(27-28(31)32-19-33-29(27)36)20-10-12-23(13-11-20)38-22-7-4-3-5-8-22/h3-13,19,21H,14-16,18H2,1-2H3,(H2,31,32,33). The maximum Gasteiger partial charge on any atom is 0.246 e. The molecule has 3 heterocycles. The van der Waals surface area contributed by atoms with Gasteiger partial charge in [-0.15, -0.1) is 0 Å². The fourth-order valence-electron chi connectivity index (χ4n) is 4.84. The minimum Gasteiger partial charge on any atom is -0.457 e. The topological polar surface area (TPSA) is 113 Å². The number of hydrogen-bond acceptors (Lipinski definition) is 7. The summed E-state index contributed by atoms with van der Waals surface area (Å²) in [6.45, 7) is 1.77. The van der Waals surface area contributed by atoms with Crippen LogP contribution < -0.4 is 10.5 Å². The van der Waals surface area contributed by atoms with E-state index < -0.39 is 0 Å². The number of nitrogens with two attached hydrogens (primary N) is 1. The molecule has 1 aliphatic heterocycles. The molecule has 5 rings (SSSR count). The third kappa shape index (κ3) is 4.94. The fourth-order valence-corrected chi connectivity index (χ4v) is 4.84. The predicted octanol–water partition coefficient (Wildman–Crippen LogP) is 4.24. The normalized spacial score (nSPS) is 15.4. The maximum absolute atomic E-state index is 12.8. The first-order valence-corrected chi connectivity index (χ1v) is 12.4. The maximum atomic E-state index is 12.8. The number of rotatable bonds is 7. The molecule has 1 saturated heterocycles. The van der Waals surface area contributed by atoms with Crippen LogP contribution in [0.2, 0.25) is 0 Å². The Morgan fingerprint density at radius 3 is 2.61 bits per heavy atom. The summed E-state index contributed by atoms with van der Waals surface area (Å²) in [5, 5.41) is 11.0. The molecular formula is C29H29N7O2. The van der Waals surface area contributed by atoms with E-state index in [0.29, 0.717) is 59.9 Å². The highest BCUT2D eigenvalue weighted by Gasteiger charge is 2.32. The van der Waals surface area contributed by atoms with E-state index in [0.717, 1.165) is 11.3 Å². The van der Waals surface area contributed by atoms with Crippen molar-refractivity contribution in [3.05, 3.63) is 78.8 Å². The molecule has 0 aliphatic carbocycles. The average Bonchev–Trinajstić information content (AvgIpc) is 3.53. The Kier molecular flexibility index (Phi) is 7.07. The molecule has 1 amide bonds. The number of fused-ring (bicyclic) bond motifs is 1. The predicted molar refractivity (Wildman–Crippen MR) is 147 cm³/mol. The van der Waals surface area contributed by atoms with Crippen molar-refractivity contribution in [2.75, 3.05) is 39.5 Å². The highest BCUT2D eigenvalue weighted by atomic mass is 16.5. The van der Waals surface area contributed by atoms with Gasteiger partial charge in [0, 0.05) is 31.3 Å². The van der Waals surface area contributed by atoms with Gasteiger partial charge in [-0.05, 0) is 50.3 Å². The molecule has 0 radical (unpaired) electrons. The molecule has 1 atom stereocenters. The zero-order valence-corrected chi connectivity index (χ0v) is 21.4. The van der Waals surface area contributed by atoms with Crippen molar-refractivity contribution in [3.8, 4) is 28.7 Å². The lowest BCUT2D eigenvalue weighted by Gasteiger charge is -2.17. The molecule has 192 valence electrons. The van der Waals surface area contributed by atoms with Crippen molar-refractivity contribution in [2.24, 2.45) is 0 Å². The number of carbonyl (C=O) groups is 1. The third-order valence-corrected chi connectivity index (χ3v) is 6.61. The van der Waals surface area contributed by atoms with E-state index in [4.69, 9.17) is 10.5 Å². The van der Waals surface area contributed by atoms with Crippen LogP contribution in [0.1, 0.15) is 18.2 Å². The van der Waals surface area contributed by atoms with Gasteiger partial charge in [-0.2, -0.15) is 5.26 Å². The largest absolute Gasteiger partial charge is 0.457 e. The Balaban J connectivity index is 1.49. The van der Waals surface area contributed by atoms with Crippen molar-refractivity contribution < 1.29 is 9.53 Å². The lowest BCUT2D eigenvalue weighted by atomic mass is 10.0. The van der Waals surface area contributed by atoms with E-state index in [2.05, 4.69) is 16.0 Å². The molecule has 0 bridgehead atoms. The lowest BCUT2D eigenvalue weighted by Crippen LogP contribution is -2.28. The molecule has 9 nitrogen and oxygen atoms in total. The van der Waals surface area contributed by atoms with Crippen LogP contribution in [0.25, 0.3) is 22.2 Å². The second-order valence-electron chi connectivity index (χ2n) is 9.49. The van der Waals surface area contributed by atoms with Gasteiger partial charge in [0.15, 0.2) is 0 Å². The summed E-state index contributed by atoms with van der Waals surface area (Å²) in [5.41, 5.74) is 8.88. The van der Waals surface area contributed by atoms with Crippen LogP contribution >= 0.6 is 0 Å². The Morgan fingerprint density at radius 1 is 1.16 bits per heavy atom. The number of anilines is 1. The summed E-state index contributed by atoms with van der Waals surface area (Å²) in [6, 6.07) is 19.4. The zero-order valence-electron chi connectivity index (χ0n) is 21.4. The number of amides is 1. The van der Waals surface area contributed by atoms with Gasteiger partial charge in [-0.25, -0.2) is 9.97 Å². The van der Waals surface area contributed by atoms with Gasteiger partial charge >= 0.3 is 0 Å². The van der Waals surface area contributed by atoms with Crippen molar-refractivity contribution in [1.82, 2.24) is 24.3 Å². The van der Waals surface area contributed by atoms with Crippen LogP contribution in [0.15, 0.2) is 73.1 Å². The number of likely N-dealkylation sites (N-methyl/N-ethyl adjacent to an activating group) is 1. The number of aromatic nitrogens is 3. The van der Waals surface area contributed by atoms with Gasteiger partial charge < -0.3 is 24.8 Å². The smallest absolute Gasteiger partial charge is 0.246 e. The van der Waals surface area contributed by atoms with Crippen molar-refractivity contribution in [1.29, 1.82) is 5.26 Å². The monoisotopic (exact) mass is 507 g/mol. The second kappa shape index (κ2) is 10.7. The van der Waals surface area contributed by atoms with Crippen LogP contribution in [0, 0.1) is 11.3 Å². The zero-order chi connectivity index (χ0) is 26.6. The summed E-state index contributed by atoms with van der Waals surface area (Å²) >= 11 is 0.